The standard InChI is InChI=1S/C49H36FN/c1-49(2)45-31-38(23-30-44(45)48-43-16-10-9-15-42(43)47(50)32-46(48)49)37-21-28-41(29-22-37)51(39-24-17-35(18-25-39)33-11-5-3-6-12-33)40-26-19-36(20-27-40)34-13-7-4-8-14-34/h3-32H,1-2H3. The molecule has 8 aromatic carbocycles. The monoisotopic (exact) mass is 657 g/mol. The summed E-state index contributed by atoms with van der Waals surface area (Å²) in [5, 5.41) is 1.65. The maximum absolute atomic E-state index is 15.3. The third kappa shape index (κ3) is 5.32. The average Bonchev–Trinajstić information content (AvgIpc) is 3.41. The Bertz CT molecular complexity index is 2430. The van der Waals surface area contributed by atoms with Crippen LogP contribution in [0.15, 0.2) is 182 Å². The van der Waals surface area contributed by atoms with Gasteiger partial charge in [0.2, 0.25) is 0 Å². The molecule has 2 heteroatoms. The molecule has 0 fully saturated rings. The Labute approximate surface area is 298 Å². The summed E-state index contributed by atoms with van der Waals surface area (Å²) in [6.45, 7) is 4.42. The van der Waals surface area contributed by atoms with Crippen LogP contribution < -0.4 is 4.90 Å². The zero-order valence-electron chi connectivity index (χ0n) is 28.6. The van der Waals surface area contributed by atoms with Gasteiger partial charge in [-0.05, 0) is 110 Å². The molecule has 0 saturated heterocycles. The number of benzene rings is 8. The van der Waals surface area contributed by atoms with Crippen molar-refractivity contribution in [3.8, 4) is 44.5 Å². The van der Waals surface area contributed by atoms with Crippen molar-refractivity contribution in [1.82, 2.24) is 0 Å². The van der Waals surface area contributed by atoms with Crippen LogP contribution in [0.4, 0.5) is 21.5 Å². The molecular formula is C49H36FN. The molecule has 0 saturated carbocycles. The van der Waals surface area contributed by atoms with Crippen molar-refractivity contribution in [2.24, 2.45) is 0 Å². The van der Waals surface area contributed by atoms with Gasteiger partial charge in [0.05, 0.1) is 0 Å². The summed E-state index contributed by atoms with van der Waals surface area (Å²) in [7, 11) is 0. The maximum atomic E-state index is 15.3. The molecule has 0 aliphatic heterocycles. The Hall–Kier alpha value is -6.25. The molecular weight excluding hydrogens is 622 g/mol. The summed E-state index contributed by atoms with van der Waals surface area (Å²) in [6.07, 6.45) is 0. The van der Waals surface area contributed by atoms with Gasteiger partial charge in [-0.3, -0.25) is 0 Å². The molecule has 0 N–H and O–H groups in total. The van der Waals surface area contributed by atoms with Crippen LogP contribution in [0.5, 0.6) is 0 Å². The van der Waals surface area contributed by atoms with Gasteiger partial charge in [0, 0.05) is 27.9 Å². The number of anilines is 3. The minimum Gasteiger partial charge on any atom is -0.311 e. The smallest absolute Gasteiger partial charge is 0.131 e. The van der Waals surface area contributed by atoms with E-state index in [1.54, 1.807) is 6.07 Å². The van der Waals surface area contributed by atoms with Crippen LogP contribution in [-0.2, 0) is 5.41 Å². The van der Waals surface area contributed by atoms with Crippen LogP contribution in [-0.4, -0.2) is 0 Å². The largest absolute Gasteiger partial charge is 0.311 e. The second-order valence-electron chi connectivity index (χ2n) is 13.9. The fraction of sp³-hybridized carbons (Fsp3) is 0.0612. The van der Waals surface area contributed by atoms with E-state index in [9.17, 15) is 0 Å². The van der Waals surface area contributed by atoms with Gasteiger partial charge in [0.1, 0.15) is 5.82 Å². The van der Waals surface area contributed by atoms with Gasteiger partial charge >= 0.3 is 0 Å². The Kier molecular flexibility index (Phi) is 7.40. The highest BCUT2D eigenvalue weighted by atomic mass is 19.1. The first-order valence-corrected chi connectivity index (χ1v) is 17.5. The molecule has 51 heavy (non-hydrogen) atoms. The quantitative estimate of drug-likeness (QED) is 0.172. The fourth-order valence-corrected chi connectivity index (χ4v) is 7.84. The number of hydrogen-bond donors (Lipinski definition) is 0. The number of halogens is 1. The molecule has 244 valence electrons. The fourth-order valence-electron chi connectivity index (χ4n) is 7.84. The minimum atomic E-state index is -0.319. The summed E-state index contributed by atoms with van der Waals surface area (Å²) in [6, 6.07) is 63.8. The van der Waals surface area contributed by atoms with Crippen LogP contribution in [0.25, 0.3) is 55.3 Å². The zero-order chi connectivity index (χ0) is 34.5. The van der Waals surface area contributed by atoms with E-state index in [4.69, 9.17) is 0 Å². The molecule has 8 aromatic rings. The molecule has 0 aromatic heterocycles. The summed E-state index contributed by atoms with van der Waals surface area (Å²) >= 11 is 0. The molecule has 9 rings (SSSR count). The van der Waals surface area contributed by atoms with E-state index < -0.39 is 0 Å². The summed E-state index contributed by atoms with van der Waals surface area (Å²) < 4.78 is 15.3. The van der Waals surface area contributed by atoms with E-state index in [-0.39, 0.29) is 11.2 Å². The lowest BCUT2D eigenvalue weighted by molar-refractivity contribution is 0.619. The molecule has 0 unspecified atom stereocenters. The number of hydrogen-bond acceptors (Lipinski definition) is 1. The van der Waals surface area contributed by atoms with Crippen LogP contribution in [0, 0.1) is 5.82 Å². The highest BCUT2D eigenvalue weighted by Gasteiger charge is 2.37. The van der Waals surface area contributed by atoms with Gasteiger partial charge in [-0.15, -0.1) is 0 Å². The Morgan fingerprint density at radius 2 is 0.804 bits per heavy atom. The van der Waals surface area contributed by atoms with E-state index in [1.807, 2.05) is 36.4 Å². The van der Waals surface area contributed by atoms with E-state index in [0.717, 1.165) is 44.7 Å². The lowest BCUT2D eigenvalue weighted by Gasteiger charge is -2.26. The van der Waals surface area contributed by atoms with Gasteiger partial charge in [-0.1, -0.05) is 147 Å². The second-order valence-corrected chi connectivity index (χ2v) is 13.9. The predicted molar refractivity (Wildman–Crippen MR) is 212 cm³/mol. The second kappa shape index (κ2) is 12.3. The predicted octanol–water partition coefficient (Wildman–Crippen LogP) is 13.8. The van der Waals surface area contributed by atoms with Crippen molar-refractivity contribution in [2.75, 3.05) is 4.90 Å². The third-order valence-corrected chi connectivity index (χ3v) is 10.6. The van der Waals surface area contributed by atoms with Crippen molar-refractivity contribution >= 4 is 27.8 Å². The lowest BCUT2D eigenvalue weighted by atomic mass is 9.81. The number of nitrogens with zero attached hydrogens (tertiary/aromatic N) is 1. The summed E-state index contributed by atoms with van der Waals surface area (Å²) in [5.74, 6) is -0.157. The van der Waals surface area contributed by atoms with E-state index >= 15 is 4.39 Å². The van der Waals surface area contributed by atoms with Crippen LogP contribution in [0.2, 0.25) is 0 Å². The average molecular weight is 658 g/mol. The molecule has 0 amide bonds. The molecule has 0 atom stereocenters. The van der Waals surface area contributed by atoms with Crippen molar-refractivity contribution in [1.29, 1.82) is 0 Å². The van der Waals surface area contributed by atoms with Crippen molar-refractivity contribution < 1.29 is 4.39 Å². The lowest BCUT2D eigenvalue weighted by Crippen LogP contribution is -2.15. The van der Waals surface area contributed by atoms with Crippen molar-refractivity contribution in [3.63, 3.8) is 0 Å². The van der Waals surface area contributed by atoms with E-state index in [1.165, 1.54) is 33.4 Å². The van der Waals surface area contributed by atoms with Crippen molar-refractivity contribution in [3.05, 3.63) is 199 Å². The normalized spacial score (nSPS) is 12.8. The van der Waals surface area contributed by atoms with Gasteiger partial charge in [0.15, 0.2) is 0 Å². The Morgan fingerprint density at radius 1 is 0.392 bits per heavy atom. The van der Waals surface area contributed by atoms with Gasteiger partial charge in [-0.25, -0.2) is 4.39 Å². The first-order chi connectivity index (χ1) is 25.0. The Morgan fingerprint density at radius 3 is 1.31 bits per heavy atom. The molecule has 1 aliphatic carbocycles. The number of rotatable bonds is 6. The maximum Gasteiger partial charge on any atom is 0.131 e. The van der Waals surface area contributed by atoms with Crippen LogP contribution in [0.1, 0.15) is 25.0 Å². The molecule has 1 aliphatic rings. The summed E-state index contributed by atoms with van der Waals surface area (Å²) in [5.41, 5.74) is 14.6. The SMILES string of the molecule is CC1(C)c2cc(-c3ccc(N(c4ccc(-c5ccccc5)cc4)c4ccc(-c5ccccc5)cc4)cc3)ccc2-c2c1cc(F)c1ccccc21. The molecule has 0 spiro atoms. The van der Waals surface area contributed by atoms with Crippen molar-refractivity contribution in [2.45, 2.75) is 19.3 Å². The third-order valence-electron chi connectivity index (χ3n) is 10.6. The molecule has 1 nitrogen and oxygen atoms in total. The Balaban J connectivity index is 1.09. The summed E-state index contributed by atoms with van der Waals surface area (Å²) in [4.78, 5) is 2.31. The minimum absolute atomic E-state index is 0.157. The first-order valence-electron chi connectivity index (χ1n) is 17.5. The highest BCUT2D eigenvalue weighted by molar-refractivity contribution is 6.03. The van der Waals surface area contributed by atoms with Crippen LogP contribution >= 0.6 is 0 Å². The topological polar surface area (TPSA) is 3.24 Å². The first kappa shape index (κ1) is 30.8. The van der Waals surface area contributed by atoms with Gasteiger partial charge in [0.25, 0.3) is 0 Å². The molecule has 0 bridgehead atoms. The number of fused-ring (bicyclic) bond motifs is 5. The van der Waals surface area contributed by atoms with E-state index in [0.29, 0.717) is 5.39 Å². The van der Waals surface area contributed by atoms with E-state index in [2.05, 4.69) is 158 Å². The van der Waals surface area contributed by atoms with Gasteiger partial charge in [-0.2, -0.15) is 0 Å². The zero-order valence-corrected chi connectivity index (χ0v) is 28.6. The van der Waals surface area contributed by atoms with Crippen LogP contribution in [0.3, 0.4) is 0 Å². The highest BCUT2D eigenvalue weighted by Crippen LogP contribution is 2.52. The molecule has 0 heterocycles. The van der Waals surface area contributed by atoms with Gasteiger partial charge < -0.3 is 4.90 Å². The molecule has 0 radical (unpaired) electrons.